The van der Waals surface area contributed by atoms with Gasteiger partial charge in [-0.1, -0.05) is 83.2 Å². The Morgan fingerprint density at radius 3 is 2.00 bits per heavy atom. The molecule has 1 unspecified atom stereocenters. The molecule has 7 heteroatoms. The van der Waals surface area contributed by atoms with Gasteiger partial charge >= 0.3 is 5.97 Å². The van der Waals surface area contributed by atoms with Crippen molar-refractivity contribution in [3.8, 4) is 0 Å². The molecule has 0 aromatic carbocycles. The van der Waals surface area contributed by atoms with Crippen molar-refractivity contribution in [3.63, 3.8) is 0 Å². The molecule has 0 saturated heterocycles. The number of esters is 1. The minimum atomic E-state index is -2.10. The molecule has 0 aromatic heterocycles. The Morgan fingerprint density at radius 2 is 1.59 bits per heavy atom. The molecule has 0 N–H and O–H groups in total. The van der Waals surface area contributed by atoms with Gasteiger partial charge in [0.25, 0.3) is 0 Å². The third-order valence-corrected chi connectivity index (χ3v) is 18.7. The molecule has 0 heterocycles. The standard InChI is InChI=1S/C30H57IO4Si2/c1-14-20-30(11,35-37(16-3,17-4)18-5)21-19-26(34-36(12,13)29(8,9)10)22-27(32)33-28(24(6)15-2)25(7)23-31/h14-15,23-24,26,28H,1-2,16-22H2,3-13H3/b25-23+/t24-,26-,28-,30?/m0/s1. The van der Waals surface area contributed by atoms with Gasteiger partial charge in [0.1, 0.15) is 6.10 Å². The zero-order valence-electron chi connectivity index (χ0n) is 25.8. The SMILES string of the molecule is C=CCC(C)(CC[C@@H](CC(=O)O[C@H](/C(C)=C/I)[C@@H](C)C=C)O[Si](C)(C)C(C)(C)C)O[Si](CC)(CC)CC. The van der Waals surface area contributed by atoms with Crippen LogP contribution in [0.1, 0.15) is 88.0 Å². The summed E-state index contributed by atoms with van der Waals surface area (Å²) in [5.41, 5.74) is 0.713. The maximum atomic E-state index is 13.3. The molecule has 0 aliphatic heterocycles. The van der Waals surface area contributed by atoms with Gasteiger partial charge in [0, 0.05) is 5.92 Å². The van der Waals surface area contributed by atoms with Crippen molar-refractivity contribution in [1.82, 2.24) is 0 Å². The molecular formula is C30H57IO4Si2. The van der Waals surface area contributed by atoms with Crippen LogP contribution >= 0.6 is 22.6 Å². The first-order chi connectivity index (χ1) is 17.0. The Hall–Kier alpha value is -0.226. The van der Waals surface area contributed by atoms with Crippen molar-refractivity contribution in [2.24, 2.45) is 5.92 Å². The van der Waals surface area contributed by atoms with E-state index in [9.17, 15) is 4.79 Å². The van der Waals surface area contributed by atoms with Crippen molar-refractivity contribution < 1.29 is 18.4 Å². The predicted molar refractivity (Wildman–Crippen MR) is 174 cm³/mol. The molecule has 4 atom stereocenters. The van der Waals surface area contributed by atoms with Crippen LogP contribution in [0, 0.1) is 5.92 Å². The molecule has 0 spiro atoms. The van der Waals surface area contributed by atoms with Crippen molar-refractivity contribution in [3.05, 3.63) is 35.0 Å². The highest BCUT2D eigenvalue weighted by Gasteiger charge is 2.41. The summed E-state index contributed by atoms with van der Waals surface area (Å²) in [6, 6.07) is 3.32. The van der Waals surface area contributed by atoms with Crippen LogP contribution in [0.5, 0.6) is 0 Å². The van der Waals surface area contributed by atoms with Crippen LogP contribution < -0.4 is 0 Å². The van der Waals surface area contributed by atoms with E-state index in [-0.39, 0.29) is 41.2 Å². The predicted octanol–water partition coefficient (Wildman–Crippen LogP) is 9.98. The molecule has 0 amide bonds. The van der Waals surface area contributed by atoms with E-state index < -0.39 is 16.6 Å². The number of hydrogen-bond donors (Lipinski definition) is 0. The molecular weight excluding hydrogens is 607 g/mol. The Labute approximate surface area is 245 Å². The van der Waals surface area contributed by atoms with Crippen molar-refractivity contribution in [2.75, 3.05) is 0 Å². The van der Waals surface area contributed by atoms with Crippen molar-refractivity contribution in [1.29, 1.82) is 0 Å². The number of ether oxygens (including phenoxy) is 1. The third kappa shape index (κ3) is 11.8. The lowest BCUT2D eigenvalue weighted by molar-refractivity contribution is -0.151. The molecule has 0 fully saturated rings. The molecule has 4 nitrogen and oxygen atoms in total. The highest BCUT2D eigenvalue weighted by atomic mass is 127. The van der Waals surface area contributed by atoms with Crippen LogP contribution in [0.3, 0.4) is 0 Å². The number of halogens is 1. The number of carbonyl (C=O) groups is 1. The smallest absolute Gasteiger partial charge is 0.308 e. The van der Waals surface area contributed by atoms with E-state index >= 15 is 0 Å². The van der Waals surface area contributed by atoms with Gasteiger partial charge in [-0.3, -0.25) is 4.79 Å². The van der Waals surface area contributed by atoms with E-state index in [2.05, 4.69) is 97.3 Å². The fourth-order valence-electron chi connectivity index (χ4n) is 4.43. The maximum absolute atomic E-state index is 13.3. The van der Waals surface area contributed by atoms with Crippen LogP contribution in [0.2, 0.25) is 36.3 Å². The molecule has 0 radical (unpaired) electrons. The maximum Gasteiger partial charge on any atom is 0.308 e. The van der Waals surface area contributed by atoms with E-state index in [1.807, 2.05) is 30.1 Å². The first kappa shape index (κ1) is 36.8. The van der Waals surface area contributed by atoms with Gasteiger partial charge < -0.3 is 13.6 Å². The summed E-state index contributed by atoms with van der Waals surface area (Å²) >= 11 is 2.20. The van der Waals surface area contributed by atoms with Crippen LogP contribution in [-0.4, -0.2) is 40.4 Å². The molecule has 0 aliphatic carbocycles. The van der Waals surface area contributed by atoms with E-state index in [1.54, 1.807) is 0 Å². The highest BCUT2D eigenvalue weighted by Crippen LogP contribution is 2.39. The van der Waals surface area contributed by atoms with E-state index in [0.717, 1.165) is 43.0 Å². The van der Waals surface area contributed by atoms with Gasteiger partial charge in [-0.2, -0.15) is 0 Å². The normalized spacial score (nSPS) is 17.5. The minimum Gasteiger partial charge on any atom is -0.457 e. The summed E-state index contributed by atoms with van der Waals surface area (Å²) in [7, 11) is -3.92. The minimum absolute atomic E-state index is 0.0363. The van der Waals surface area contributed by atoms with E-state index in [1.165, 1.54) is 0 Å². The average Bonchev–Trinajstić information content (AvgIpc) is 2.83. The zero-order valence-corrected chi connectivity index (χ0v) is 30.0. The van der Waals surface area contributed by atoms with Gasteiger partial charge in [0.2, 0.25) is 0 Å². The Bertz CT molecular complexity index is 747. The van der Waals surface area contributed by atoms with Crippen LogP contribution in [-0.2, 0) is 18.4 Å². The monoisotopic (exact) mass is 664 g/mol. The zero-order chi connectivity index (χ0) is 29.1. The van der Waals surface area contributed by atoms with E-state index in [0.29, 0.717) is 0 Å². The van der Waals surface area contributed by atoms with Crippen molar-refractivity contribution >= 4 is 45.2 Å². The van der Waals surface area contributed by atoms with Gasteiger partial charge in [0.15, 0.2) is 16.6 Å². The van der Waals surface area contributed by atoms with Gasteiger partial charge in [-0.25, -0.2) is 0 Å². The fourth-order valence-corrected chi connectivity index (χ4v) is 9.33. The summed E-state index contributed by atoms with van der Waals surface area (Å²) < 4.78 is 21.8. The summed E-state index contributed by atoms with van der Waals surface area (Å²) in [6.45, 7) is 32.2. The van der Waals surface area contributed by atoms with Crippen LogP contribution in [0.15, 0.2) is 35.0 Å². The molecule has 0 aromatic rings. The lowest BCUT2D eigenvalue weighted by atomic mass is 9.94. The second kappa shape index (κ2) is 16.1. The summed E-state index contributed by atoms with van der Waals surface area (Å²) in [6.07, 6.45) is 5.88. The largest absolute Gasteiger partial charge is 0.457 e. The molecule has 37 heavy (non-hydrogen) atoms. The summed E-state index contributed by atoms with van der Waals surface area (Å²) in [5, 5.41) is 0.0468. The number of hydrogen-bond acceptors (Lipinski definition) is 4. The molecule has 0 bridgehead atoms. The topological polar surface area (TPSA) is 44.8 Å². The third-order valence-electron chi connectivity index (χ3n) is 8.36. The lowest BCUT2D eigenvalue weighted by Gasteiger charge is -2.42. The fraction of sp³-hybridized carbons (Fsp3) is 0.767. The second-order valence-electron chi connectivity index (χ2n) is 12.4. The average molecular weight is 665 g/mol. The summed E-state index contributed by atoms with van der Waals surface area (Å²) in [5.74, 6) is -0.181. The molecule has 0 saturated carbocycles. The lowest BCUT2D eigenvalue weighted by Crippen LogP contribution is -2.47. The van der Waals surface area contributed by atoms with Gasteiger partial charge in [-0.05, 0) is 79.0 Å². The first-order valence-electron chi connectivity index (χ1n) is 14.1. The summed E-state index contributed by atoms with van der Waals surface area (Å²) in [4.78, 5) is 13.3. The Kier molecular flexibility index (Phi) is 16.0. The van der Waals surface area contributed by atoms with Gasteiger partial charge in [0.05, 0.1) is 18.1 Å². The molecule has 0 rings (SSSR count). The number of carbonyl (C=O) groups excluding carboxylic acids is 1. The first-order valence-corrected chi connectivity index (χ1v) is 20.7. The number of rotatable bonds is 18. The van der Waals surface area contributed by atoms with Crippen LogP contribution in [0.25, 0.3) is 0 Å². The Balaban J connectivity index is 5.96. The second-order valence-corrected chi connectivity index (χ2v) is 22.5. The quantitative estimate of drug-likeness (QED) is 0.0633. The van der Waals surface area contributed by atoms with Crippen molar-refractivity contribution in [2.45, 2.75) is 142 Å². The molecule has 216 valence electrons. The van der Waals surface area contributed by atoms with Gasteiger partial charge in [-0.15, -0.1) is 13.2 Å². The van der Waals surface area contributed by atoms with E-state index in [4.69, 9.17) is 13.6 Å². The van der Waals surface area contributed by atoms with Crippen LogP contribution in [0.4, 0.5) is 0 Å². The molecule has 0 aliphatic rings. The highest BCUT2D eigenvalue weighted by molar-refractivity contribution is 14.1. The Morgan fingerprint density at radius 1 is 1.05 bits per heavy atom.